The van der Waals surface area contributed by atoms with Gasteiger partial charge in [0, 0.05) is 48.1 Å². The average molecular weight is 543 g/mol. The van der Waals surface area contributed by atoms with E-state index in [0.717, 1.165) is 17.8 Å². The Balaban J connectivity index is 1.51. The fourth-order valence-electron chi connectivity index (χ4n) is 3.62. The van der Waals surface area contributed by atoms with E-state index in [2.05, 4.69) is 5.32 Å². The highest BCUT2D eigenvalue weighted by atomic mass is 35.5. The summed E-state index contributed by atoms with van der Waals surface area (Å²) in [5.41, 5.74) is 1.24. The Kier molecular flexibility index (Phi) is 7.35. The number of halogens is 4. The number of anilines is 2. The van der Waals surface area contributed by atoms with Crippen LogP contribution in [0.2, 0.25) is 15.1 Å². The highest BCUT2D eigenvalue weighted by Crippen LogP contribution is 2.27. The molecule has 3 aromatic carbocycles. The molecule has 1 heterocycles. The van der Waals surface area contributed by atoms with E-state index >= 15 is 0 Å². The van der Waals surface area contributed by atoms with Crippen LogP contribution in [0.25, 0.3) is 0 Å². The SMILES string of the molecule is O=C(Nc1ccc(Cl)c(Cl)c1)c1ccc(F)c(S(=O)(=O)N2CCN(c3cccc(Cl)c3)CC2)c1. The number of piperazine rings is 1. The van der Waals surface area contributed by atoms with E-state index in [1.807, 2.05) is 17.0 Å². The van der Waals surface area contributed by atoms with Crippen molar-refractivity contribution < 1.29 is 17.6 Å². The molecule has 0 saturated carbocycles. The number of hydrogen-bond donors (Lipinski definition) is 1. The first-order valence-corrected chi connectivity index (χ1v) is 12.8. The number of carbonyl (C=O) groups excluding carboxylic acids is 1. The molecule has 178 valence electrons. The zero-order chi connectivity index (χ0) is 24.5. The van der Waals surface area contributed by atoms with Gasteiger partial charge in [-0.05, 0) is 54.6 Å². The molecule has 11 heteroatoms. The van der Waals surface area contributed by atoms with Gasteiger partial charge in [0.25, 0.3) is 5.91 Å². The Morgan fingerprint density at radius 2 is 1.62 bits per heavy atom. The number of nitrogens with one attached hydrogen (secondary N) is 1. The second-order valence-electron chi connectivity index (χ2n) is 7.60. The maximum atomic E-state index is 14.6. The molecule has 1 aliphatic rings. The summed E-state index contributed by atoms with van der Waals surface area (Å²) in [6, 6.07) is 15.0. The first-order valence-electron chi connectivity index (χ1n) is 10.2. The average Bonchev–Trinajstić information content (AvgIpc) is 2.81. The van der Waals surface area contributed by atoms with Gasteiger partial charge < -0.3 is 10.2 Å². The molecule has 1 fully saturated rings. The van der Waals surface area contributed by atoms with Crippen LogP contribution in [0.15, 0.2) is 65.6 Å². The summed E-state index contributed by atoms with van der Waals surface area (Å²) >= 11 is 17.9. The molecular weight excluding hydrogens is 524 g/mol. The summed E-state index contributed by atoms with van der Waals surface area (Å²) in [5.74, 6) is -1.54. The molecule has 1 saturated heterocycles. The lowest BCUT2D eigenvalue weighted by Gasteiger charge is -2.35. The van der Waals surface area contributed by atoms with Crippen molar-refractivity contribution in [3.8, 4) is 0 Å². The van der Waals surface area contributed by atoms with Crippen LogP contribution in [0, 0.1) is 5.82 Å². The second-order valence-corrected chi connectivity index (χ2v) is 10.8. The molecule has 0 spiro atoms. The van der Waals surface area contributed by atoms with Gasteiger partial charge in [-0.25, -0.2) is 12.8 Å². The van der Waals surface area contributed by atoms with E-state index in [-0.39, 0.29) is 23.7 Å². The Hall–Kier alpha value is -2.36. The fourth-order valence-corrected chi connectivity index (χ4v) is 5.61. The lowest BCUT2D eigenvalue weighted by molar-refractivity contribution is 0.102. The van der Waals surface area contributed by atoms with Crippen LogP contribution in [0.5, 0.6) is 0 Å². The Morgan fingerprint density at radius 3 is 2.29 bits per heavy atom. The lowest BCUT2D eigenvalue weighted by atomic mass is 10.2. The molecule has 0 unspecified atom stereocenters. The Labute approximate surface area is 211 Å². The number of amides is 1. The summed E-state index contributed by atoms with van der Waals surface area (Å²) in [4.78, 5) is 14.1. The largest absolute Gasteiger partial charge is 0.369 e. The zero-order valence-electron chi connectivity index (χ0n) is 17.6. The van der Waals surface area contributed by atoms with Crippen molar-refractivity contribution in [1.82, 2.24) is 4.31 Å². The first kappa shape index (κ1) is 24.8. The maximum absolute atomic E-state index is 14.6. The quantitative estimate of drug-likeness (QED) is 0.459. The number of nitrogens with zero attached hydrogens (tertiary/aromatic N) is 2. The van der Waals surface area contributed by atoms with Crippen LogP contribution in [0.3, 0.4) is 0 Å². The van der Waals surface area contributed by atoms with Crippen LogP contribution in [0.1, 0.15) is 10.4 Å². The van der Waals surface area contributed by atoms with E-state index in [4.69, 9.17) is 34.8 Å². The molecule has 1 amide bonds. The van der Waals surface area contributed by atoms with Gasteiger partial charge in [0.1, 0.15) is 10.7 Å². The number of rotatable bonds is 5. The van der Waals surface area contributed by atoms with Crippen LogP contribution >= 0.6 is 34.8 Å². The van der Waals surface area contributed by atoms with Crippen molar-refractivity contribution in [2.75, 3.05) is 36.4 Å². The fraction of sp³-hybridized carbons (Fsp3) is 0.174. The zero-order valence-corrected chi connectivity index (χ0v) is 20.7. The molecule has 1 aliphatic heterocycles. The Bertz CT molecular complexity index is 1350. The summed E-state index contributed by atoms with van der Waals surface area (Å²) in [6.45, 7) is 1.15. The summed E-state index contributed by atoms with van der Waals surface area (Å²) in [5, 5.41) is 3.76. The molecule has 0 aliphatic carbocycles. The van der Waals surface area contributed by atoms with E-state index in [1.165, 1.54) is 22.5 Å². The van der Waals surface area contributed by atoms with Gasteiger partial charge in [0.2, 0.25) is 10.0 Å². The summed E-state index contributed by atoms with van der Waals surface area (Å²) in [7, 11) is -4.16. The number of benzene rings is 3. The third-order valence-corrected chi connectivity index (χ3v) is 8.29. The maximum Gasteiger partial charge on any atom is 0.255 e. The highest BCUT2D eigenvalue weighted by Gasteiger charge is 2.31. The topological polar surface area (TPSA) is 69.7 Å². The van der Waals surface area contributed by atoms with Gasteiger partial charge >= 0.3 is 0 Å². The molecule has 0 aromatic heterocycles. The minimum Gasteiger partial charge on any atom is -0.369 e. The molecule has 0 atom stereocenters. The van der Waals surface area contributed by atoms with Gasteiger partial charge in [-0.3, -0.25) is 4.79 Å². The highest BCUT2D eigenvalue weighted by molar-refractivity contribution is 7.89. The predicted octanol–water partition coefficient (Wildman–Crippen LogP) is 5.55. The molecule has 3 aromatic rings. The molecule has 4 rings (SSSR count). The number of sulfonamides is 1. The van der Waals surface area contributed by atoms with E-state index in [0.29, 0.717) is 28.8 Å². The third kappa shape index (κ3) is 5.31. The monoisotopic (exact) mass is 541 g/mol. The summed E-state index contributed by atoms with van der Waals surface area (Å²) in [6.07, 6.45) is 0. The standard InChI is InChI=1S/C23H19Cl3FN3O3S/c24-16-2-1-3-18(13-16)29-8-10-30(11-9-29)34(32,33)22-12-15(4-7-21(22)27)23(31)28-17-5-6-19(25)20(26)14-17/h1-7,12-14H,8-11H2,(H,28,31). The van der Waals surface area contributed by atoms with E-state index in [9.17, 15) is 17.6 Å². The van der Waals surface area contributed by atoms with Gasteiger partial charge in [-0.2, -0.15) is 4.31 Å². The molecule has 0 radical (unpaired) electrons. The van der Waals surface area contributed by atoms with Crippen LogP contribution in [-0.2, 0) is 10.0 Å². The molecule has 6 nitrogen and oxygen atoms in total. The number of hydrogen-bond acceptors (Lipinski definition) is 4. The smallest absolute Gasteiger partial charge is 0.255 e. The summed E-state index contributed by atoms with van der Waals surface area (Å²) < 4.78 is 42.2. The predicted molar refractivity (Wildman–Crippen MR) is 133 cm³/mol. The molecular formula is C23H19Cl3FN3O3S. The lowest BCUT2D eigenvalue weighted by Crippen LogP contribution is -2.48. The molecule has 1 N–H and O–H groups in total. The van der Waals surface area contributed by atoms with Gasteiger partial charge in [-0.1, -0.05) is 40.9 Å². The van der Waals surface area contributed by atoms with Crippen molar-refractivity contribution in [1.29, 1.82) is 0 Å². The third-order valence-electron chi connectivity index (χ3n) is 5.40. The van der Waals surface area contributed by atoms with Gasteiger partial charge in [0.15, 0.2) is 0 Å². The Morgan fingerprint density at radius 1 is 0.882 bits per heavy atom. The van der Waals surface area contributed by atoms with Crippen LogP contribution in [0.4, 0.5) is 15.8 Å². The first-order chi connectivity index (χ1) is 16.1. The van der Waals surface area contributed by atoms with Crippen molar-refractivity contribution >= 4 is 62.1 Å². The normalized spacial score (nSPS) is 14.8. The van der Waals surface area contributed by atoms with Gasteiger partial charge in [-0.15, -0.1) is 0 Å². The minimum absolute atomic E-state index is 0.0105. The van der Waals surface area contributed by atoms with Crippen molar-refractivity contribution in [3.63, 3.8) is 0 Å². The minimum atomic E-state index is -4.16. The molecule has 34 heavy (non-hydrogen) atoms. The van der Waals surface area contributed by atoms with Crippen molar-refractivity contribution in [2.24, 2.45) is 0 Å². The van der Waals surface area contributed by atoms with Crippen LogP contribution < -0.4 is 10.2 Å². The van der Waals surface area contributed by atoms with E-state index < -0.39 is 26.6 Å². The van der Waals surface area contributed by atoms with Crippen molar-refractivity contribution in [3.05, 3.63) is 87.1 Å². The van der Waals surface area contributed by atoms with Crippen LogP contribution in [-0.4, -0.2) is 44.8 Å². The van der Waals surface area contributed by atoms with Crippen molar-refractivity contribution in [2.45, 2.75) is 4.90 Å². The second kappa shape index (κ2) is 10.1. The van der Waals surface area contributed by atoms with Gasteiger partial charge in [0.05, 0.1) is 10.0 Å². The van der Waals surface area contributed by atoms with E-state index in [1.54, 1.807) is 18.2 Å². The molecule has 0 bridgehead atoms. The number of carbonyl (C=O) groups is 1.